The molecule has 0 spiro atoms. The minimum Gasteiger partial charge on any atom is -0.383 e. The Hall–Kier alpha value is -2.20. The van der Waals surface area contributed by atoms with Crippen LogP contribution in [0.1, 0.15) is 109 Å². The maximum Gasteiger partial charge on any atom is 0.229 e. The second-order valence-electron chi connectivity index (χ2n) is 11.2. The van der Waals surface area contributed by atoms with E-state index in [9.17, 15) is 0 Å². The Bertz CT molecular complexity index is 1970. The molecular weight excluding hydrogens is 1170 g/mol. The summed E-state index contributed by atoms with van der Waals surface area (Å²) in [5.74, 6) is 5.08. The van der Waals surface area contributed by atoms with Crippen molar-refractivity contribution in [2.24, 2.45) is 0 Å². The van der Waals surface area contributed by atoms with Crippen LogP contribution in [0.15, 0.2) is 61.3 Å². The van der Waals surface area contributed by atoms with Gasteiger partial charge in [0.05, 0.1) is 0 Å². The van der Waals surface area contributed by atoms with Crippen LogP contribution in [0.25, 0.3) is 0 Å². The summed E-state index contributed by atoms with van der Waals surface area (Å²) >= 11 is 16.6. The molecule has 5 aromatic heterocycles. The van der Waals surface area contributed by atoms with E-state index in [0.717, 1.165) is 56.8 Å². The van der Waals surface area contributed by atoms with E-state index >= 15 is 0 Å². The van der Waals surface area contributed by atoms with Gasteiger partial charge in [-0.05, 0) is 83.8 Å². The number of aromatic nitrogens is 10. The SMILES string of the molecule is CC.CC.CC.CC.CC.CNc1nc(C)ncc1C.CNc1nc(Cl)ncc1C.CNc1nc(Nc2ccccc2)ncc1C.Cc1cnc(Cl)nc1N.Cc1ncc(C)c(Cl)n1.[CH3-].[CH3-].[CH3-].[Y].[Y].[Y]. The first-order valence-corrected chi connectivity index (χ1v) is 22.5. The molecule has 0 fully saturated rings. The third-order valence-electron chi connectivity index (χ3n) is 6.76. The fourth-order valence-electron chi connectivity index (χ4n) is 3.80. The number of hydrogen-bond donors (Lipinski definition) is 5. The van der Waals surface area contributed by atoms with Crippen LogP contribution in [0.5, 0.6) is 0 Å². The second kappa shape index (κ2) is 59.4. The number of nitrogens with zero attached hydrogens (tertiary/aromatic N) is 10. The molecule has 0 amide bonds. The van der Waals surface area contributed by atoms with Crippen LogP contribution in [-0.2, 0) is 98.1 Å². The summed E-state index contributed by atoms with van der Waals surface area (Å²) in [4.78, 5) is 39.8. The zero-order valence-electron chi connectivity index (χ0n) is 46.7. The van der Waals surface area contributed by atoms with Gasteiger partial charge in [-0.2, -0.15) is 4.98 Å². The van der Waals surface area contributed by atoms with Gasteiger partial charge in [0.1, 0.15) is 40.1 Å². The van der Waals surface area contributed by atoms with Gasteiger partial charge in [0.15, 0.2) is 0 Å². The summed E-state index contributed by atoms with van der Waals surface area (Å²) in [6, 6.07) is 9.86. The molecule has 0 saturated carbocycles. The fourth-order valence-corrected chi connectivity index (χ4v) is 4.24. The quantitative estimate of drug-likeness (QED) is 0.0619. The minimum atomic E-state index is 0. The number of nitrogens with one attached hydrogen (secondary N) is 4. The number of rotatable bonds is 5. The predicted molar refractivity (Wildman–Crippen MR) is 297 cm³/mol. The number of nitrogens with two attached hydrogens (primary N) is 1. The maximum absolute atomic E-state index is 5.66. The van der Waals surface area contributed by atoms with Crippen LogP contribution in [0.4, 0.5) is 34.9 Å². The molecule has 0 unspecified atom stereocenters. The third kappa shape index (κ3) is 42.3. The van der Waals surface area contributed by atoms with Crippen LogP contribution in [-0.4, -0.2) is 71.0 Å². The number of hydrogen-bond acceptors (Lipinski definition) is 15. The fraction of sp³-hybridized carbons (Fsp3) is 0.408. The largest absolute Gasteiger partial charge is 0.383 e. The van der Waals surface area contributed by atoms with Crippen molar-refractivity contribution in [1.82, 2.24) is 49.8 Å². The van der Waals surface area contributed by atoms with Gasteiger partial charge in [-0.3, -0.25) is 0 Å². The molecule has 6 rings (SSSR count). The Balaban J connectivity index is -0.0000000763. The van der Waals surface area contributed by atoms with Gasteiger partial charge in [0.2, 0.25) is 16.5 Å². The molecule has 5 heterocycles. The first-order chi connectivity index (χ1) is 30.7. The average molecular weight is 1260 g/mol. The Kier molecular flexibility index (Phi) is 76.8. The van der Waals surface area contributed by atoms with E-state index in [2.05, 4.69) is 71.1 Å². The van der Waals surface area contributed by atoms with Gasteiger partial charge in [-0.25, -0.2) is 44.9 Å². The van der Waals surface area contributed by atoms with Crippen LogP contribution < -0.4 is 27.0 Å². The second-order valence-corrected chi connectivity index (χ2v) is 12.2. The summed E-state index contributed by atoms with van der Waals surface area (Å²) < 4.78 is 0. The van der Waals surface area contributed by atoms with Crippen LogP contribution >= 0.6 is 34.8 Å². The number of aryl methyl sites for hydroxylation is 7. The molecule has 0 saturated heterocycles. The van der Waals surface area contributed by atoms with E-state index in [0.29, 0.717) is 22.7 Å². The van der Waals surface area contributed by atoms with E-state index in [1.807, 2.05) is 168 Å². The summed E-state index contributed by atoms with van der Waals surface area (Å²) in [7, 11) is 5.50. The van der Waals surface area contributed by atoms with Crippen molar-refractivity contribution in [1.29, 1.82) is 0 Å². The first-order valence-electron chi connectivity index (χ1n) is 21.4. The Morgan fingerprint density at radius 1 is 0.414 bits per heavy atom. The normalized spacial score (nSPS) is 7.87. The third-order valence-corrected chi connectivity index (χ3v) is 7.51. The van der Waals surface area contributed by atoms with Crippen molar-refractivity contribution in [3.05, 3.63) is 139 Å². The summed E-state index contributed by atoms with van der Waals surface area (Å²) in [5, 5.41) is 13.1. The van der Waals surface area contributed by atoms with Crippen molar-refractivity contribution in [2.75, 3.05) is 48.1 Å². The molecule has 3 radical (unpaired) electrons. The molecule has 21 heteroatoms. The number of benzene rings is 1. The van der Waals surface area contributed by atoms with Gasteiger partial charge in [0, 0.05) is 184 Å². The van der Waals surface area contributed by atoms with Gasteiger partial charge in [0.25, 0.3) is 0 Å². The van der Waals surface area contributed by atoms with Crippen molar-refractivity contribution in [3.63, 3.8) is 0 Å². The molecule has 389 valence electrons. The summed E-state index contributed by atoms with van der Waals surface area (Å²) in [6.07, 6.45) is 8.59. The molecule has 15 nitrogen and oxygen atoms in total. The Morgan fingerprint density at radius 2 is 0.757 bits per heavy atom. The molecule has 6 N–H and O–H groups in total. The van der Waals surface area contributed by atoms with Crippen molar-refractivity contribution in [3.8, 4) is 0 Å². The molecule has 6 aromatic rings. The molecule has 70 heavy (non-hydrogen) atoms. The Morgan fingerprint density at radius 3 is 1.11 bits per heavy atom. The molecule has 0 aliphatic rings. The maximum atomic E-state index is 5.66. The zero-order chi connectivity index (χ0) is 50.2. The zero-order valence-corrected chi connectivity index (χ0v) is 57.5. The van der Waals surface area contributed by atoms with E-state index in [1.54, 1.807) is 31.8 Å². The molecule has 0 aliphatic carbocycles. The van der Waals surface area contributed by atoms with Gasteiger partial charge < -0.3 is 49.3 Å². The van der Waals surface area contributed by atoms with E-state index in [4.69, 9.17) is 40.5 Å². The molecular formula is C49H85Cl3N15Y3-3. The van der Waals surface area contributed by atoms with Crippen molar-refractivity contribution < 1.29 is 98.1 Å². The first kappa shape index (κ1) is 90.6. The average Bonchev–Trinajstić information content (AvgIpc) is 3.33. The number of halogens is 3. The smallest absolute Gasteiger partial charge is 0.229 e. The molecule has 1 aromatic carbocycles. The topological polar surface area (TPSA) is 203 Å². The van der Waals surface area contributed by atoms with Crippen molar-refractivity contribution >= 4 is 69.7 Å². The number of para-hydroxylation sites is 1. The monoisotopic (exact) mass is 1260 g/mol. The molecule has 0 bridgehead atoms. The van der Waals surface area contributed by atoms with Crippen molar-refractivity contribution in [2.45, 2.75) is 118 Å². The minimum absolute atomic E-state index is 0. The summed E-state index contributed by atoms with van der Waals surface area (Å²) in [5.41, 5.74) is 11.2. The number of nitrogen functional groups attached to an aromatic ring is 1. The van der Waals surface area contributed by atoms with Gasteiger partial charge in [-0.15, -0.1) is 0 Å². The van der Waals surface area contributed by atoms with Crippen LogP contribution in [0, 0.1) is 70.7 Å². The molecule has 0 atom stereocenters. The van der Waals surface area contributed by atoms with E-state index < -0.39 is 0 Å². The van der Waals surface area contributed by atoms with Gasteiger partial charge >= 0.3 is 0 Å². The standard InChI is InChI=1S/C12H14N4.C7H11N3.C6H8ClN3.C6H7ClN2.C5H6ClN3.5C2H6.3CH3.3Y/c1-9-8-14-12(16-11(9)13-2)15-10-6-4-3-5-7-10;1-5-4-9-6(2)10-7(5)8-3;1-4-3-9-6(7)10-5(4)8-2;1-4-3-8-5(2)9-6(4)7;1-3-2-8-5(6)9-4(3)7;5*1-2;;;;;;/h3-8H,1-2H3,(H2,13,14,15,16);4H,1-3H3,(H,8,9,10);3H,1-2H3,(H,8,9,10);3H,1-2H3;2H,1H3,(H2,7,8,9);5*1-2H3;3*1H3;;;/q;;;;;;;;;;3*-1;;;. The predicted octanol–water partition coefficient (Wildman–Crippen LogP) is 14.4. The van der Waals surface area contributed by atoms with E-state index in [1.165, 1.54) is 0 Å². The molecule has 0 aliphatic heterocycles. The summed E-state index contributed by atoms with van der Waals surface area (Å²) in [6.45, 7) is 33.3. The number of anilines is 6. The van der Waals surface area contributed by atoms with Crippen LogP contribution in [0.2, 0.25) is 15.7 Å². The van der Waals surface area contributed by atoms with Crippen LogP contribution in [0.3, 0.4) is 0 Å². The van der Waals surface area contributed by atoms with Gasteiger partial charge in [-0.1, -0.05) is 99.0 Å². The Labute approximate surface area is 516 Å². The van der Waals surface area contributed by atoms with E-state index in [-0.39, 0.29) is 131 Å².